The Morgan fingerprint density at radius 2 is 1.86 bits per heavy atom. The van der Waals surface area contributed by atoms with E-state index >= 15 is 0 Å². The number of sulfone groups is 1. The van der Waals surface area contributed by atoms with Crippen LogP contribution in [0.3, 0.4) is 0 Å². The quantitative estimate of drug-likeness (QED) is 0.867. The molecule has 2 rings (SSSR count). The Morgan fingerprint density at radius 1 is 1.24 bits per heavy atom. The van der Waals surface area contributed by atoms with E-state index in [4.69, 9.17) is 28.3 Å². The third-order valence-electron chi connectivity index (χ3n) is 3.17. The van der Waals surface area contributed by atoms with Crippen molar-refractivity contribution >= 4 is 50.6 Å². The fourth-order valence-electron chi connectivity index (χ4n) is 2.11. The predicted molar refractivity (Wildman–Crippen MR) is 78.8 cm³/mol. The lowest BCUT2D eigenvalue weighted by atomic mass is 10.1. The zero-order valence-electron chi connectivity index (χ0n) is 10.6. The van der Waals surface area contributed by atoms with Gasteiger partial charge in [0.25, 0.3) is 0 Å². The number of halogens is 2. The molecule has 1 aliphatic rings. The van der Waals surface area contributed by atoms with Crippen LogP contribution < -0.4 is 5.32 Å². The summed E-state index contributed by atoms with van der Waals surface area (Å²) in [6.45, 7) is 0. The molecule has 114 valence electrons. The van der Waals surface area contributed by atoms with Gasteiger partial charge in [0.2, 0.25) is 5.91 Å². The summed E-state index contributed by atoms with van der Waals surface area (Å²) in [6.07, 6.45) is 0.203. The Morgan fingerprint density at radius 3 is 2.38 bits per heavy atom. The van der Waals surface area contributed by atoms with E-state index < -0.39 is 27.6 Å². The highest BCUT2D eigenvalue weighted by molar-refractivity contribution is 7.91. The summed E-state index contributed by atoms with van der Waals surface area (Å²) in [5.41, 5.74) is -0.440. The number of anilines is 1. The number of amides is 1. The number of hydrogen-bond acceptors (Lipinski definition) is 4. The maximum absolute atomic E-state index is 12.1. The molecule has 1 atom stereocenters. The molecule has 0 spiro atoms. The van der Waals surface area contributed by atoms with Crippen LogP contribution >= 0.6 is 23.2 Å². The van der Waals surface area contributed by atoms with Crippen LogP contribution in [0.5, 0.6) is 0 Å². The molecule has 0 saturated carbocycles. The van der Waals surface area contributed by atoms with Gasteiger partial charge in [-0.3, -0.25) is 4.79 Å². The SMILES string of the molecule is O=C(O)c1c(Cl)ccc(Cl)c1NC(=O)C1CCS(=O)(=O)C1. The molecule has 1 saturated heterocycles. The van der Waals surface area contributed by atoms with Crippen molar-refractivity contribution in [3.05, 3.63) is 27.7 Å². The summed E-state index contributed by atoms with van der Waals surface area (Å²) < 4.78 is 22.7. The van der Waals surface area contributed by atoms with Gasteiger partial charge in [-0.2, -0.15) is 0 Å². The van der Waals surface area contributed by atoms with Gasteiger partial charge in [-0.15, -0.1) is 0 Å². The number of rotatable bonds is 3. The van der Waals surface area contributed by atoms with Crippen molar-refractivity contribution in [1.82, 2.24) is 0 Å². The van der Waals surface area contributed by atoms with Crippen LogP contribution in [-0.2, 0) is 14.6 Å². The first kappa shape index (κ1) is 16.1. The van der Waals surface area contributed by atoms with Gasteiger partial charge in [-0.05, 0) is 18.6 Å². The lowest BCUT2D eigenvalue weighted by Crippen LogP contribution is -2.25. The maximum atomic E-state index is 12.1. The van der Waals surface area contributed by atoms with Crippen molar-refractivity contribution in [2.75, 3.05) is 16.8 Å². The lowest BCUT2D eigenvalue weighted by molar-refractivity contribution is -0.119. The third-order valence-corrected chi connectivity index (χ3v) is 5.57. The highest BCUT2D eigenvalue weighted by Crippen LogP contribution is 2.33. The molecule has 1 amide bonds. The van der Waals surface area contributed by atoms with E-state index in [1.807, 2.05) is 0 Å². The van der Waals surface area contributed by atoms with E-state index in [0.717, 1.165) is 0 Å². The molecule has 1 aromatic carbocycles. The van der Waals surface area contributed by atoms with Crippen LogP contribution in [-0.4, -0.2) is 36.9 Å². The Hall–Kier alpha value is -1.31. The van der Waals surface area contributed by atoms with Crippen molar-refractivity contribution in [3.8, 4) is 0 Å². The molecule has 1 aliphatic heterocycles. The minimum Gasteiger partial charge on any atom is -0.478 e. The Bertz CT molecular complexity index is 717. The van der Waals surface area contributed by atoms with E-state index in [2.05, 4.69) is 5.32 Å². The first-order chi connectivity index (χ1) is 9.71. The van der Waals surface area contributed by atoms with Crippen LogP contribution in [0, 0.1) is 5.92 Å². The zero-order valence-corrected chi connectivity index (χ0v) is 12.9. The van der Waals surface area contributed by atoms with Gasteiger partial charge >= 0.3 is 5.97 Å². The van der Waals surface area contributed by atoms with Gasteiger partial charge in [0.1, 0.15) is 5.56 Å². The number of carbonyl (C=O) groups is 2. The topological polar surface area (TPSA) is 101 Å². The predicted octanol–water partition coefficient (Wildman–Crippen LogP) is 2.06. The first-order valence-corrected chi connectivity index (χ1v) is 8.51. The van der Waals surface area contributed by atoms with Crippen LogP contribution in [0.4, 0.5) is 5.69 Å². The molecule has 0 aliphatic carbocycles. The molecule has 0 bridgehead atoms. The number of aromatic carboxylic acids is 1. The zero-order chi connectivity index (χ0) is 15.8. The number of carboxylic acid groups (broad SMARTS) is 1. The second kappa shape index (κ2) is 5.82. The molecular weight excluding hydrogens is 341 g/mol. The Balaban J connectivity index is 2.30. The second-order valence-electron chi connectivity index (χ2n) is 4.67. The molecule has 0 aromatic heterocycles. The molecule has 21 heavy (non-hydrogen) atoms. The van der Waals surface area contributed by atoms with Crippen LogP contribution in [0.15, 0.2) is 12.1 Å². The molecule has 1 unspecified atom stereocenters. The molecule has 0 radical (unpaired) electrons. The standard InChI is InChI=1S/C12H11Cl2NO5S/c13-7-1-2-8(14)10(9(7)12(17)18)15-11(16)6-3-4-21(19,20)5-6/h1-2,6H,3-5H2,(H,15,16)(H,17,18). The summed E-state index contributed by atoms with van der Waals surface area (Å²) in [5.74, 6) is -2.94. The molecule has 2 N–H and O–H groups in total. The first-order valence-electron chi connectivity index (χ1n) is 5.94. The summed E-state index contributed by atoms with van der Waals surface area (Å²) in [7, 11) is -3.21. The molecule has 6 nitrogen and oxygen atoms in total. The van der Waals surface area contributed by atoms with Crippen molar-refractivity contribution in [3.63, 3.8) is 0 Å². The van der Waals surface area contributed by atoms with E-state index in [-0.39, 0.29) is 39.2 Å². The second-order valence-corrected chi connectivity index (χ2v) is 7.72. The Kier molecular flexibility index (Phi) is 4.46. The van der Waals surface area contributed by atoms with E-state index in [9.17, 15) is 18.0 Å². The smallest absolute Gasteiger partial charge is 0.339 e. The van der Waals surface area contributed by atoms with Crippen molar-refractivity contribution in [2.45, 2.75) is 6.42 Å². The highest BCUT2D eigenvalue weighted by Gasteiger charge is 2.34. The normalized spacial score (nSPS) is 20.2. The molecule has 1 aromatic rings. The maximum Gasteiger partial charge on any atom is 0.339 e. The summed E-state index contributed by atoms with van der Waals surface area (Å²) in [5, 5.41) is 11.5. The minimum atomic E-state index is -3.21. The average Bonchev–Trinajstić information content (AvgIpc) is 2.74. The molecule has 1 heterocycles. The van der Waals surface area contributed by atoms with Crippen LogP contribution in [0.1, 0.15) is 16.8 Å². The van der Waals surface area contributed by atoms with Crippen LogP contribution in [0.25, 0.3) is 0 Å². The van der Waals surface area contributed by atoms with Crippen molar-refractivity contribution in [2.24, 2.45) is 5.92 Å². The fraction of sp³-hybridized carbons (Fsp3) is 0.333. The van der Waals surface area contributed by atoms with Gasteiger partial charge < -0.3 is 10.4 Å². The van der Waals surface area contributed by atoms with Crippen molar-refractivity contribution < 1.29 is 23.1 Å². The number of nitrogens with one attached hydrogen (secondary N) is 1. The minimum absolute atomic E-state index is 0.0194. The number of benzene rings is 1. The summed E-state index contributed by atoms with van der Waals surface area (Å²) >= 11 is 11.7. The van der Waals surface area contributed by atoms with Gasteiger partial charge in [0.05, 0.1) is 33.2 Å². The number of carbonyl (C=O) groups excluding carboxylic acids is 1. The lowest BCUT2D eigenvalue weighted by Gasteiger charge is -2.14. The largest absolute Gasteiger partial charge is 0.478 e. The number of hydrogen-bond donors (Lipinski definition) is 2. The summed E-state index contributed by atoms with van der Waals surface area (Å²) in [6, 6.07) is 2.67. The van der Waals surface area contributed by atoms with Gasteiger partial charge in [0, 0.05) is 0 Å². The van der Waals surface area contributed by atoms with Gasteiger partial charge in [-0.1, -0.05) is 23.2 Å². The third kappa shape index (κ3) is 3.48. The van der Waals surface area contributed by atoms with Gasteiger partial charge in [-0.25, -0.2) is 13.2 Å². The van der Waals surface area contributed by atoms with E-state index in [1.165, 1.54) is 12.1 Å². The van der Waals surface area contributed by atoms with Gasteiger partial charge in [0.15, 0.2) is 9.84 Å². The monoisotopic (exact) mass is 351 g/mol. The van der Waals surface area contributed by atoms with Crippen molar-refractivity contribution in [1.29, 1.82) is 0 Å². The highest BCUT2D eigenvalue weighted by atomic mass is 35.5. The fourth-order valence-corrected chi connectivity index (χ4v) is 4.29. The molecule has 1 fully saturated rings. The molecule has 9 heteroatoms. The average molecular weight is 352 g/mol. The summed E-state index contributed by atoms with van der Waals surface area (Å²) in [4.78, 5) is 23.3. The van der Waals surface area contributed by atoms with Crippen LogP contribution in [0.2, 0.25) is 10.0 Å². The molecular formula is C12H11Cl2NO5S. The number of carboxylic acids is 1. The van der Waals surface area contributed by atoms with E-state index in [0.29, 0.717) is 0 Å². The Labute approximate surface area is 131 Å². The van der Waals surface area contributed by atoms with E-state index in [1.54, 1.807) is 0 Å².